The molecule has 1 saturated carbocycles. The van der Waals surface area contributed by atoms with Crippen LogP contribution in [0.1, 0.15) is 71.6 Å². The van der Waals surface area contributed by atoms with Crippen LogP contribution in [-0.2, 0) is 0 Å². The molecule has 3 atom stereocenters. The van der Waals surface area contributed by atoms with Gasteiger partial charge in [-0.2, -0.15) is 0 Å². The molecule has 0 aromatic rings. The number of hydrogen-bond acceptors (Lipinski definition) is 2. The lowest BCUT2D eigenvalue weighted by atomic mass is 9.78. The minimum absolute atomic E-state index is 0.0237. The molecule has 19 heavy (non-hydrogen) atoms. The zero-order chi connectivity index (χ0) is 13.7. The number of piperidine rings is 1. The van der Waals surface area contributed by atoms with Gasteiger partial charge in [0.15, 0.2) is 0 Å². The van der Waals surface area contributed by atoms with E-state index in [1.807, 2.05) is 0 Å². The van der Waals surface area contributed by atoms with Gasteiger partial charge in [-0.15, -0.1) is 0 Å². The van der Waals surface area contributed by atoms with Crippen LogP contribution in [0.2, 0.25) is 0 Å². The SMILES string of the molecule is CC(C)CCCN1CCCCC1C1CCCCC1O. The van der Waals surface area contributed by atoms with E-state index in [0.29, 0.717) is 12.0 Å². The third-order valence-electron chi connectivity index (χ3n) is 5.17. The Balaban J connectivity index is 1.87. The molecule has 2 fully saturated rings. The molecule has 0 amide bonds. The maximum Gasteiger partial charge on any atom is 0.0583 e. The molecule has 1 aliphatic heterocycles. The molecule has 1 N–H and O–H groups in total. The molecule has 0 spiro atoms. The van der Waals surface area contributed by atoms with Gasteiger partial charge in [0.25, 0.3) is 0 Å². The minimum Gasteiger partial charge on any atom is -0.393 e. The standard InChI is InChI=1S/C17H33NO/c1-14(2)8-7-13-18-12-6-5-10-16(18)15-9-3-4-11-17(15)19/h14-17,19H,3-13H2,1-2H3. The monoisotopic (exact) mass is 267 g/mol. The highest BCUT2D eigenvalue weighted by Gasteiger charge is 2.35. The Hall–Kier alpha value is -0.0800. The van der Waals surface area contributed by atoms with Crippen LogP contribution in [0.25, 0.3) is 0 Å². The lowest BCUT2D eigenvalue weighted by Gasteiger charge is -2.44. The summed E-state index contributed by atoms with van der Waals surface area (Å²) < 4.78 is 0. The summed E-state index contributed by atoms with van der Waals surface area (Å²) in [7, 11) is 0. The highest BCUT2D eigenvalue weighted by Crippen LogP contribution is 2.34. The summed E-state index contributed by atoms with van der Waals surface area (Å²) >= 11 is 0. The van der Waals surface area contributed by atoms with Crippen LogP contribution in [0, 0.1) is 11.8 Å². The fraction of sp³-hybridized carbons (Fsp3) is 1.00. The molecule has 2 rings (SSSR count). The largest absolute Gasteiger partial charge is 0.393 e. The number of aliphatic hydroxyl groups excluding tert-OH is 1. The average molecular weight is 267 g/mol. The first kappa shape index (κ1) is 15.3. The maximum atomic E-state index is 10.3. The summed E-state index contributed by atoms with van der Waals surface area (Å²) in [6.45, 7) is 7.16. The summed E-state index contributed by atoms with van der Waals surface area (Å²) in [6.07, 6.45) is 11.6. The summed E-state index contributed by atoms with van der Waals surface area (Å²) in [4.78, 5) is 2.71. The molecule has 0 bridgehead atoms. The Labute approximate surface area is 119 Å². The Kier molecular flexibility index (Phi) is 6.15. The van der Waals surface area contributed by atoms with Crippen molar-refractivity contribution in [1.29, 1.82) is 0 Å². The van der Waals surface area contributed by atoms with Crippen LogP contribution in [0.3, 0.4) is 0 Å². The van der Waals surface area contributed by atoms with Gasteiger partial charge >= 0.3 is 0 Å². The van der Waals surface area contributed by atoms with Crippen molar-refractivity contribution in [2.24, 2.45) is 11.8 Å². The minimum atomic E-state index is -0.0237. The van der Waals surface area contributed by atoms with Crippen molar-refractivity contribution in [3.63, 3.8) is 0 Å². The quantitative estimate of drug-likeness (QED) is 0.818. The zero-order valence-corrected chi connectivity index (χ0v) is 13.0. The van der Waals surface area contributed by atoms with Gasteiger partial charge in [-0.1, -0.05) is 33.1 Å². The van der Waals surface area contributed by atoms with Crippen molar-refractivity contribution in [2.75, 3.05) is 13.1 Å². The van der Waals surface area contributed by atoms with Crippen LogP contribution >= 0.6 is 0 Å². The Bertz CT molecular complexity index is 254. The predicted molar refractivity (Wildman–Crippen MR) is 81.2 cm³/mol. The zero-order valence-electron chi connectivity index (χ0n) is 13.0. The van der Waals surface area contributed by atoms with Gasteiger partial charge in [-0.25, -0.2) is 0 Å². The fourth-order valence-corrected chi connectivity index (χ4v) is 4.07. The molecule has 3 unspecified atom stereocenters. The third-order valence-corrected chi connectivity index (χ3v) is 5.17. The van der Waals surface area contributed by atoms with Crippen LogP contribution in [-0.4, -0.2) is 35.2 Å². The van der Waals surface area contributed by atoms with E-state index in [1.165, 1.54) is 64.5 Å². The van der Waals surface area contributed by atoms with Crippen molar-refractivity contribution >= 4 is 0 Å². The molecular formula is C17H33NO. The van der Waals surface area contributed by atoms with Crippen molar-refractivity contribution in [2.45, 2.75) is 83.8 Å². The van der Waals surface area contributed by atoms with Crippen LogP contribution < -0.4 is 0 Å². The van der Waals surface area contributed by atoms with E-state index >= 15 is 0 Å². The Morgan fingerprint density at radius 2 is 1.79 bits per heavy atom. The molecule has 2 nitrogen and oxygen atoms in total. The van der Waals surface area contributed by atoms with Crippen LogP contribution in [0.4, 0.5) is 0 Å². The highest BCUT2D eigenvalue weighted by molar-refractivity contribution is 4.88. The first-order chi connectivity index (χ1) is 9.18. The third kappa shape index (κ3) is 4.46. The van der Waals surface area contributed by atoms with Gasteiger partial charge in [0.1, 0.15) is 0 Å². The molecule has 0 aromatic heterocycles. The Morgan fingerprint density at radius 3 is 2.53 bits per heavy atom. The van der Waals surface area contributed by atoms with Gasteiger partial charge in [-0.3, -0.25) is 0 Å². The molecule has 0 radical (unpaired) electrons. The smallest absolute Gasteiger partial charge is 0.0583 e. The van der Waals surface area contributed by atoms with E-state index < -0.39 is 0 Å². The lowest BCUT2D eigenvalue weighted by Crippen LogP contribution is -2.49. The first-order valence-corrected chi connectivity index (χ1v) is 8.60. The highest BCUT2D eigenvalue weighted by atomic mass is 16.3. The summed E-state index contributed by atoms with van der Waals surface area (Å²) in [5.41, 5.74) is 0. The van der Waals surface area contributed by atoms with E-state index in [4.69, 9.17) is 0 Å². The van der Waals surface area contributed by atoms with E-state index in [1.54, 1.807) is 0 Å². The van der Waals surface area contributed by atoms with Gasteiger partial charge in [0, 0.05) is 12.0 Å². The van der Waals surface area contributed by atoms with Crippen LogP contribution in [0.15, 0.2) is 0 Å². The first-order valence-electron chi connectivity index (χ1n) is 8.60. The van der Waals surface area contributed by atoms with Crippen molar-refractivity contribution < 1.29 is 5.11 Å². The van der Waals surface area contributed by atoms with Gasteiger partial charge in [0.2, 0.25) is 0 Å². The topological polar surface area (TPSA) is 23.5 Å². The van der Waals surface area contributed by atoms with Crippen molar-refractivity contribution in [3.05, 3.63) is 0 Å². The summed E-state index contributed by atoms with van der Waals surface area (Å²) in [5, 5.41) is 10.3. The molecule has 2 heteroatoms. The fourth-order valence-electron chi connectivity index (χ4n) is 4.07. The van der Waals surface area contributed by atoms with Gasteiger partial charge in [-0.05, 0) is 57.5 Å². The van der Waals surface area contributed by atoms with Gasteiger partial charge < -0.3 is 10.0 Å². The number of hydrogen-bond donors (Lipinski definition) is 1. The molecule has 1 aliphatic carbocycles. The molecular weight excluding hydrogens is 234 g/mol. The van der Waals surface area contributed by atoms with E-state index in [2.05, 4.69) is 18.7 Å². The number of likely N-dealkylation sites (tertiary alicyclic amines) is 1. The van der Waals surface area contributed by atoms with Crippen molar-refractivity contribution in [1.82, 2.24) is 4.90 Å². The molecule has 112 valence electrons. The average Bonchev–Trinajstić information content (AvgIpc) is 2.40. The van der Waals surface area contributed by atoms with E-state index in [-0.39, 0.29) is 6.10 Å². The van der Waals surface area contributed by atoms with Gasteiger partial charge in [0.05, 0.1) is 6.10 Å². The summed E-state index contributed by atoms with van der Waals surface area (Å²) in [6, 6.07) is 0.677. The van der Waals surface area contributed by atoms with Crippen molar-refractivity contribution in [3.8, 4) is 0 Å². The van der Waals surface area contributed by atoms with E-state index in [9.17, 15) is 5.11 Å². The molecule has 0 aromatic carbocycles. The second-order valence-electron chi connectivity index (χ2n) is 7.15. The normalized spacial score (nSPS) is 33.8. The number of aliphatic hydroxyl groups is 1. The second-order valence-corrected chi connectivity index (χ2v) is 7.15. The number of nitrogens with zero attached hydrogens (tertiary/aromatic N) is 1. The molecule has 1 heterocycles. The maximum absolute atomic E-state index is 10.3. The molecule has 2 aliphatic rings. The Morgan fingerprint density at radius 1 is 1.05 bits per heavy atom. The summed E-state index contributed by atoms with van der Waals surface area (Å²) in [5.74, 6) is 1.39. The lowest BCUT2D eigenvalue weighted by molar-refractivity contribution is -0.00621. The van der Waals surface area contributed by atoms with Crippen LogP contribution in [0.5, 0.6) is 0 Å². The molecule has 1 saturated heterocycles. The predicted octanol–water partition coefficient (Wildman–Crippen LogP) is 3.83. The number of rotatable bonds is 5. The van der Waals surface area contributed by atoms with E-state index in [0.717, 1.165) is 12.3 Å². The second kappa shape index (κ2) is 7.64.